The number of rotatable bonds is 5. The van der Waals surface area contributed by atoms with Gasteiger partial charge in [-0.1, -0.05) is 6.92 Å². The van der Waals surface area contributed by atoms with Gasteiger partial charge in [0.25, 0.3) is 0 Å². The van der Waals surface area contributed by atoms with Gasteiger partial charge >= 0.3 is 5.97 Å². The summed E-state index contributed by atoms with van der Waals surface area (Å²) in [5.41, 5.74) is 0. The van der Waals surface area contributed by atoms with Gasteiger partial charge in [-0.05, 0) is 26.4 Å². The normalized spacial score (nSPS) is 23.0. The first-order chi connectivity index (χ1) is 8.06. The monoisotopic (exact) mass is 244 g/mol. The predicted molar refractivity (Wildman–Crippen MR) is 66.0 cm³/mol. The smallest absolute Gasteiger partial charge is 0.307 e. The van der Waals surface area contributed by atoms with Crippen LogP contribution in [0.25, 0.3) is 0 Å². The van der Waals surface area contributed by atoms with Crippen molar-refractivity contribution in [2.24, 2.45) is 5.92 Å². The molecule has 0 saturated carbocycles. The first-order valence-electron chi connectivity index (χ1n) is 6.36. The first-order valence-corrected chi connectivity index (χ1v) is 6.36. The highest BCUT2D eigenvalue weighted by Crippen LogP contribution is 2.14. The predicted octanol–water partition coefficient (Wildman–Crippen LogP) is 0.0956. The summed E-state index contributed by atoms with van der Waals surface area (Å²) in [6, 6.07) is 0.0709. The average Bonchev–Trinajstić information content (AvgIpc) is 2.53. The van der Waals surface area contributed by atoms with E-state index < -0.39 is 5.97 Å². The number of hydrogen-bond donors (Lipinski definition) is 2. The molecule has 1 aliphatic heterocycles. The molecule has 5 nitrogen and oxygen atoms in total. The summed E-state index contributed by atoms with van der Waals surface area (Å²) in [6.07, 6.45) is 1.04. The van der Waals surface area contributed by atoms with E-state index in [4.69, 9.17) is 10.2 Å². The third-order valence-electron chi connectivity index (χ3n) is 3.73. The van der Waals surface area contributed by atoms with Gasteiger partial charge in [0.15, 0.2) is 0 Å². The molecular formula is C12H24N2O3. The zero-order valence-corrected chi connectivity index (χ0v) is 10.8. The van der Waals surface area contributed by atoms with E-state index >= 15 is 0 Å². The Balaban J connectivity index is 2.47. The third-order valence-corrected chi connectivity index (χ3v) is 3.73. The molecule has 2 atom stereocenters. The van der Waals surface area contributed by atoms with E-state index in [-0.39, 0.29) is 18.6 Å². The van der Waals surface area contributed by atoms with Gasteiger partial charge in [0.05, 0.1) is 12.5 Å². The molecule has 0 radical (unpaired) electrons. The number of carboxylic acid groups (broad SMARTS) is 1. The molecule has 17 heavy (non-hydrogen) atoms. The molecule has 2 unspecified atom stereocenters. The van der Waals surface area contributed by atoms with Crippen molar-refractivity contribution in [3.05, 3.63) is 0 Å². The fourth-order valence-corrected chi connectivity index (χ4v) is 2.29. The molecule has 0 amide bonds. The van der Waals surface area contributed by atoms with Crippen LogP contribution < -0.4 is 0 Å². The molecule has 1 rings (SSSR count). The van der Waals surface area contributed by atoms with Crippen LogP contribution in [0.15, 0.2) is 0 Å². The number of carbonyl (C=O) groups is 1. The van der Waals surface area contributed by atoms with Crippen LogP contribution in [0.5, 0.6) is 0 Å². The van der Waals surface area contributed by atoms with Gasteiger partial charge in [0.2, 0.25) is 0 Å². The Morgan fingerprint density at radius 2 is 1.94 bits per heavy atom. The van der Waals surface area contributed by atoms with Crippen molar-refractivity contribution >= 4 is 5.97 Å². The number of hydrogen-bond acceptors (Lipinski definition) is 4. The molecule has 0 spiro atoms. The van der Waals surface area contributed by atoms with Crippen LogP contribution in [0, 0.1) is 5.92 Å². The maximum atomic E-state index is 11.0. The van der Waals surface area contributed by atoms with Crippen molar-refractivity contribution in [1.82, 2.24) is 9.80 Å². The van der Waals surface area contributed by atoms with Crippen LogP contribution in [-0.4, -0.2) is 71.4 Å². The standard InChI is InChI=1S/C12H24N2O3/c1-10(12(16)17)11(2)14-5-3-4-13(6-7-14)8-9-15/h10-11,15H,3-9H2,1-2H3,(H,16,17). The Labute approximate surface area is 103 Å². The minimum absolute atomic E-state index is 0.0709. The highest BCUT2D eigenvalue weighted by Gasteiger charge is 2.26. The van der Waals surface area contributed by atoms with Crippen LogP contribution in [-0.2, 0) is 4.79 Å². The summed E-state index contributed by atoms with van der Waals surface area (Å²) in [5.74, 6) is -1.06. The summed E-state index contributed by atoms with van der Waals surface area (Å²) in [5, 5.41) is 17.9. The van der Waals surface area contributed by atoms with Gasteiger partial charge < -0.3 is 10.2 Å². The molecule has 1 aliphatic rings. The number of nitrogens with zero attached hydrogens (tertiary/aromatic N) is 2. The molecular weight excluding hydrogens is 220 g/mol. The SMILES string of the molecule is CC(C(=O)O)C(C)N1CCCN(CCO)CC1. The molecule has 5 heteroatoms. The van der Waals surface area contributed by atoms with Gasteiger partial charge in [-0.2, -0.15) is 0 Å². The quantitative estimate of drug-likeness (QED) is 0.718. The Kier molecular flexibility index (Phi) is 5.88. The van der Waals surface area contributed by atoms with Gasteiger partial charge in [0, 0.05) is 25.7 Å². The summed E-state index contributed by atoms with van der Waals surface area (Å²) in [6.45, 7) is 8.41. The number of carboxylic acids is 1. The zero-order valence-electron chi connectivity index (χ0n) is 10.8. The van der Waals surface area contributed by atoms with E-state index in [0.717, 1.165) is 39.1 Å². The maximum absolute atomic E-state index is 11.0. The molecule has 0 aromatic heterocycles. The second-order valence-corrected chi connectivity index (χ2v) is 4.82. The summed E-state index contributed by atoms with van der Waals surface area (Å²) in [7, 11) is 0. The second kappa shape index (κ2) is 6.93. The van der Waals surface area contributed by atoms with E-state index in [1.807, 2.05) is 6.92 Å². The molecule has 1 heterocycles. The Morgan fingerprint density at radius 3 is 2.53 bits per heavy atom. The van der Waals surface area contributed by atoms with Crippen LogP contribution in [0.3, 0.4) is 0 Å². The minimum Gasteiger partial charge on any atom is -0.481 e. The van der Waals surface area contributed by atoms with E-state index in [0.29, 0.717) is 0 Å². The highest BCUT2D eigenvalue weighted by molar-refractivity contribution is 5.70. The Hall–Kier alpha value is -0.650. The van der Waals surface area contributed by atoms with Crippen LogP contribution >= 0.6 is 0 Å². The summed E-state index contributed by atoms with van der Waals surface area (Å²) in [4.78, 5) is 15.4. The molecule has 0 aromatic rings. The van der Waals surface area contributed by atoms with Crippen molar-refractivity contribution in [3.8, 4) is 0 Å². The topological polar surface area (TPSA) is 64.0 Å². The second-order valence-electron chi connectivity index (χ2n) is 4.82. The Morgan fingerprint density at radius 1 is 1.24 bits per heavy atom. The minimum atomic E-state index is -0.728. The summed E-state index contributed by atoms with van der Waals surface area (Å²) < 4.78 is 0. The molecule has 100 valence electrons. The van der Waals surface area contributed by atoms with Gasteiger partial charge in [0.1, 0.15) is 0 Å². The maximum Gasteiger partial charge on any atom is 0.307 e. The van der Waals surface area contributed by atoms with Crippen molar-refractivity contribution < 1.29 is 15.0 Å². The van der Waals surface area contributed by atoms with Gasteiger partial charge in [-0.3, -0.25) is 14.6 Å². The fraction of sp³-hybridized carbons (Fsp3) is 0.917. The van der Waals surface area contributed by atoms with Crippen LogP contribution in [0.2, 0.25) is 0 Å². The van der Waals surface area contributed by atoms with Gasteiger partial charge in [-0.15, -0.1) is 0 Å². The molecule has 1 fully saturated rings. The van der Waals surface area contributed by atoms with Crippen molar-refractivity contribution in [1.29, 1.82) is 0 Å². The largest absolute Gasteiger partial charge is 0.481 e. The summed E-state index contributed by atoms with van der Waals surface area (Å²) >= 11 is 0. The molecule has 1 saturated heterocycles. The fourth-order valence-electron chi connectivity index (χ4n) is 2.29. The molecule has 0 aromatic carbocycles. The lowest BCUT2D eigenvalue weighted by Gasteiger charge is -2.30. The van der Waals surface area contributed by atoms with Crippen molar-refractivity contribution in [2.75, 3.05) is 39.3 Å². The van der Waals surface area contributed by atoms with E-state index in [1.54, 1.807) is 6.92 Å². The lowest BCUT2D eigenvalue weighted by atomic mass is 10.0. The lowest BCUT2D eigenvalue weighted by Crippen LogP contribution is -2.42. The number of aliphatic carboxylic acids is 1. The molecule has 2 N–H and O–H groups in total. The molecule has 0 aliphatic carbocycles. The third kappa shape index (κ3) is 4.26. The van der Waals surface area contributed by atoms with E-state index in [9.17, 15) is 4.79 Å². The van der Waals surface area contributed by atoms with Crippen molar-refractivity contribution in [3.63, 3.8) is 0 Å². The highest BCUT2D eigenvalue weighted by atomic mass is 16.4. The lowest BCUT2D eigenvalue weighted by molar-refractivity contribution is -0.143. The first kappa shape index (κ1) is 14.4. The zero-order chi connectivity index (χ0) is 12.8. The number of aliphatic hydroxyl groups excluding tert-OH is 1. The molecule has 0 bridgehead atoms. The van der Waals surface area contributed by atoms with Crippen LogP contribution in [0.1, 0.15) is 20.3 Å². The van der Waals surface area contributed by atoms with Crippen LogP contribution in [0.4, 0.5) is 0 Å². The average molecular weight is 244 g/mol. The van der Waals surface area contributed by atoms with Gasteiger partial charge in [-0.25, -0.2) is 0 Å². The number of aliphatic hydroxyl groups is 1. The van der Waals surface area contributed by atoms with E-state index in [1.165, 1.54) is 0 Å². The van der Waals surface area contributed by atoms with Crippen molar-refractivity contribution in [2.45, 2.75) is 26.3 Å². The Bertz CT molecular complexity index is 248. The number of β-amino-alcohol motifs (C(OH)–C–C–N with tert-alkyl or cyclic N) is 1. The van der Waals surface area contributed by atoms with E-state index in [2.05, 4.69) is 9.80 Å².